The first-order valence-electron chi connectivity index (χ1n) is 9.60. The molecule has 0 radical (unpaired) electrons. The van der Waals surface area contributed by atoms with E-state index in [4.69, 9.17) is 79.1 Å². The zero-order valence-corrected chi connectivity index (χ0v) is 22.1. The Kier molecular flexibility index (Phi) is 12.2. The quantitative estimate of drug-likeness (QED) is 0.145. The summed E-state index contributed by atoms with van der Waals surface area (Å²) in [5.41, 5.74) is -0.649. The van der Waals surface area contributed by atoms with Crippen molar-refractivity contribution in [3.05, 3.63) is 78.7 Å². The van der Waals surface area contributed by atoms with Gasteiger partial charge < -0.3 is 14.3 Å². The molecule has 35 heavy (non-hydrogen) atoms. The van der Waals surface area contributed by atoms with Crippen molar-refractivity contribution in [1.29, 1.82) is 0 Å². The molecule has 13 heteroatoms. The van der Waals surface area contributed by atoms with Crippen LogP contribution in [0.15, 0.2) is 62.7 Å². The van der Waals surface area contributed by atoms with Gasteiger partial charge in [-0.05, 0) is 17.7 Å². The number of halogens is 9. The lowest BCUT2D eigenvalue weighted by Crippen LogP contribution is -2.24. The van der Waals surface area contributed by atoms with Gasteiger partial charge in [0.2, 0.25) is 0 Å². The van der Waals surface area contributed by atoms with Gasteiger partial charge in [-0.25, -0.2) is 0 Å². The fraction of sp³-hybridized carbons (Fsp3) is 0.227. The largest absolute Gasteiger partial charge is 0.490 e. The Morgan fingerprint density at radius 3 is 1.97 bits per heavy atom. The van der Waals surface area contributed by atoms with E-state index < -0.39 is 11.9 Å². The molecule has 0 atom stereocenters. The van der Waals surface area contributed by atoms with Crippen molar-refractivity contribution in [2.75, 3.05) is 19.8 Å². The molecule has 4 nitrogen and oxygen atoms in total. The number of ether oxygens (including phenoxy) is 2. The summed E-state index contributed by atoms with van der Waals surface area (Å²) in [6.45, 7) is -0.0241. The zero-order chi connectivity index (χ0) is 26.0. The minimum atomic E-state index is -4.73. The Bertz CT molecular complexity index is 1060. The molecule has 0 aliphatic heterocycles. The third kappa shape index (κ3) is 10.6. The lowest BCUT2D eigenvalue weighted by atomic mass is 10.1. The molecule has 0 aliphatic carbocycles. The van der Waals surface area contributed by atoms with Crippen molar-refractivity contribution >= 4 is 75.3 Å². The molecule has 0 saturated heterocycles. The smallest absolute Gasteiger partial charge is 0.437 e. The summed E-state index contributed by atoms with van der Waals surface area (Å²) in [7, 11) is 0. The molecule has 0 aromatic heterocycles. The number of hydrogen-bond donors (Lipinski definition) is 0. The van der Waals surface area contributed by atoms with E-state index in [1.54, 1.807) is 0 Å². The molecule has 0 spiro atoms. The Hall–Kier alpha value is -1.48. The fourth-order valence-electron chi connectivity index (χ4n) is 2.53. The average molecular weight is 612 g/mol. The molecule has 190 valence electrons. The predicted octanol–water partition coefficient (Wildman–Crippen LogP) is 8.91. The van der Waals surface area contributed by atoms with E-state index >= 15 is 0 Å². The molecular weight excluding hydrogens is 596 g/mol. The normalized spacial score (nSPS) is 11.6. The molecule has 0 saturated carbocycles. The van der Waals surface area contributed by atoms with Gasteiger partial charge in [-0.1, -0.05) is 99.0 Å². The highest BCUT2D eigenvalue weighted by Gasteiger charge is 2.37. The Labute approximate surface area is 229 Å². The highest BCUT2D eigenvalue weighted by atomic mass is 35.5. The van der Waals surface area contributed by atoms with E-state index in [0.29, 0.717) is 17.7 Å². The van der Waals surface area contributed by atoms with Crippen LogP contribution in [0.25, 0.3) is 0 Å². The van der Waals surface area contributed by atoms with Crippen LogP contribution in [0.2, 0.25) is 10.0 Å². The molecule has 2 aromatic rings. The van der Waals surface area contributed by atoms with Crippen LogP contribution in [-0.2, 0) is 11.3 Å². The first kappa shape index (κ1) is 29.7. The monoisotopic (exact) mass is 609 g/mol. The minimum absolute atomic E-state index is 0.0653. The summed E-state index contributed by atoms with van der Waals surface area (Å²) in [6.07, 6.45) is -1.74. The second-order valence-electron chi connectivity index (χ2n) is 6.54. The predicted molar refractivity (Wildman–Crippen MR) is 136 cm³/mol. The first-order valence-corrected chi connectivity index (χ1v) is 11.9. The van der Waals surface area contributed by atoms with Crippen LogP contribution in [0.3, 0.4) is 0 Å². The highest BCUT2D eigenvalue weighted by molar-refractivity contribution is 6.56. The molecule has 0 bridgehead atoms. The standard InChI is InChI=1S/C22H16Cl6F3NO3/c23-16-11-15(33-9-6-18(25)26)12-17(24)20(16)34-8-5-13-1-3-14(4-2-13)21(22(29,30)31)32-35-10-7-19(27)28/h1-4,6-7,11-12H,5,8-10H2. The molecular formula is C22H16Cl6F3NO3. The van der Waals surface area contributed by atoms with E-state index in [1.807, 2.05) is 0 Å². The van der Waals surface area contributed by atoms with Crippen LogP contribution in [-0.4, -0.2) is 31.7 Å². The lowest BCUT2D eigenvalue weighted by Gasteiger charge is -2.13. The number of oxime groups is 1. The first-order chi connectivity index (χ1) is 16.5. The van der Waals surface area contributed by atoms with E-state index in [1.165, 1.54) is 42.5 Å². The summed E-state index contributed by atoms with van der Waals surface area (Å²) >= 11 is 34.3. The van der Waals surface area contributed by atoms with Gasteiger partial charge >= 0.3 is 6.18 Å². The van der Waals surface area contributed by atoms with Crippen LogP contribution in [0.5, 0.6) is 11.5 Å². The molecule has 0 N–H and O–H groups in total. The maximum atomic E-state index is 13.3. The zero-order valence-electron chi connectivity index (χ0n) is 17.5. The van der Waals surface area contributed by atoms with Crippen molar-refractivity contribution in [2.45, 2.75) is 12.6 Å². The van der Waals surface area contributed by atoms with Gasteiger partial charge in [-0.2, -0.15) is 13.2 Å². The molecule has 0 heterocycles. The van der Waals surface area contributed by atoms with Gasteiger partial charge in [0.1, 0.15) is 27.9 Å². The number of hydrogen-bond acceptors (Lipinski definition) is 4. The Balaban J connectivity index is 2.00. The summed E-state index contributed by atoms with van der Waals surface area (Å²) < 4.78 is 51.0. The van der Waals surface area contributed by atoms with Crippen molar-refractivity contribution in [2.24, 2.45) is 5.16 Å². The Morgan fingerprint density at radius 2 is 1.43 bits per heavy atom. The van der Waals surface area contributed by atoms with E-state index in [-0.39, 0.29) is 50.2 Å². The number of benzene rings is 2. The van der Waals surface area contributed by atoms with Gasteiger partial charge in [0, 0.05) is 24.1 Å². The molecule has 2 rings (SSSR count). The number of alkyl halides is 3. The van der Waals surface area contributed by atoms with E-state index in [2.05, 4.69) is 9.99 Å². The fourth-order valence-corrected chi connectivity index (χ4v) is 3.36. The van der Waals surface area contributed by atoms with Gasteiger partial charge in [-0.15, -0.1) is 0 Å². The summed E-state index contributed by atoms with van der Waals surface area (Å²) in [5.74, 6) is 0.639. The van der Waals surface area contributed by atoms with Crippen LogP contribution < -0.4 is 9.47 Å². The molecule has 2 aromatic carbocycles. The molecule has 0 aliphatic rings. The number of rotatable bonds is 11. The van der Waals surface area contributed by atoms with Gasteiger partial charge in [0.25, 0.3) is 0 Å². The third-order valence-electron chi connectivity index (χ3n) is 4.06. The second kappa shape index (κ2) is 14.3. The Morgan fingerprint density at radius 1 is 0.857 bits per heavy atom. The van der Waals surface area contributed by atoms with Gasteiger partial charge in [0.05, 0.1) is 16.7 Å². The van der Waals surface area contributed by atoms with Crippen LogP contribution >= 0.6 is 69.6 Å². The van der Waals surface area contributed by atoms with Crippen LogP contribution in [0.1, 0.15) is 11.1 Å². The topological polar surface area (TPSA) is 40.0 Å². The summed E-state index contributed by atoms with van der Waals surface area (Å²) in [5, 5.41) is 3.62. The van der Waals surface area contributed by atoms with Crippen molar-refractivity contribution in [3.63, 3.8) is 0 Å². The van der Waals surface area contributed by atoms with Crippen molar-refractivity contribution in [3.8, 4) is 11.5 Å². The maximum absolute atomic E-state index is 13.3. The summed E-state index contributed by atoms with van der Waals surface area (Å²) in [4.78, 5) is 4.65. The molecule has 0 fully saturated rings. The van der Waals surface area contributed by atoms with Crippen LogP contribution in [0, 0.1) is 0 Å². The van der Waals surface area contributed by atoms with E-state index in [0.717, 1.165) is 6.08 Å². The van der Waals surface area contributed by atoms with Gasteiger partial charge in [-0.3, -0.25) is 0 Å². The minimum Gasteiger partial charge on any atom is -0.490 e. The lowest BCUT2D eigenvalue weighted by molar-refractivity contribution is -0.0611. The van der Waals surface area contributed by atoms with Gasteiger partial charge in [0.15, 0.2) is 11.5 Å². The second-order valence-corrected chi connectivity index (χ2v) is 9.37. The molecule has 0 amide bonds. The average Bonchev–Trinajstić information content (AvgIpc) is 2.75. The summed E-state index contributed by atoms with van der Waals surface area (Å²) in [6, 6.07) is 8.64. The number of nitrogens with zero attached hydrogens (tertiary/aromatic N) is 1. The van der Waals surface area contributed by atoms with Crippen LogP contribution in [0.4, 0.5) is 13.2 Å². The van der Waals surface area contributed by atoms with Crippen molar-refractivity contribution in [1.82, 2.24) is 0 Å². The third-order valence-corrected chi connectivity index (χ3v) is 5.24. The molecule has 0 unspecified atom stereocenters. The van der Waals surface area contributed by atoms with E-state index in [9.17, 15) is 13.2 Å². The SMILES string of the molecule is FC(F)(F)C(=NOCC=C(Cl)Cl)c1ccc(CCOc2c(Cl)cc(OCC=C(Cl)Cl)cc2Cl)cc1. The highest BCUT2D eigenvalue weighted by Crippen LogP contribution is 2.37. The van der Waals surface area contributed by atoms with Crippen molar-refractivity contribution < 1.29 is 27.5 Å². The maximum Gasteiger partial charge on any atom is 0.437 e.